The maximum atomic E-state index is 5.27. The van der Waals surface area contributed by atoms with E-state index in [1.165, 1.54) is 17.7 Å². The fourth-order valence-corrected chi connectivity index (χ4v) is 2.68. The van der Waals surface area contributed by atoms with Gasteiger partial charge in [-0.05, 0) is 55.3 Å². The molecule has 106 valence electrons. The summed E-state index contributed by atoms with van der Waals surface area (Å²) in [6, 6.07) is 8.30. The molecule has 0 bridgehead atoms. The van der Waals surface area contributed by atoms with Gasteiger partial charge in [0.25, 0.3) is 0 Å². The molecule has 1 aliphatic rings. The molecule has 1 N–H and O–H groups in total. The highest BCUT2D eigenvalue weighted by atomic mass is 32.2. The van der Waals surface area contributed by atoms with Crippen molar-refractivity contribution in [3.8, 4) is 11.4 Å². The Morgan fingerprint density at radius 2 is 2.10 bits per heavy atom. The van der Waals surface area contributed by atoms with Crippen LogP contribution >= 0.6 is 11.8 Å². The fraction of sp³-hybridized carbons (Fsp3) is 0.467. The van der Waals surface area contributed by atoms with Crippen LogP contribution in [0.1, 0.15) is 25.7 Å². The molecule has 1 heterocycles. The van der Waals surface area contributed by atoms with Crippen molar-refractivity contribution in [2.24, 2.45) is 5.92 Å². The minimum atomic E-state index is 0.660. The van der Waals surface area contributed by atoms with Crippen molar-refractivity contribution < 1.29 is 4.52 Å². The molecule has 0 aliphatic heterocycles. The Kier molecular flexibility index (Phi) is 4.38. The molecule has 0 radical (unpaired) electrons. The largest absolute Gasteiger partial charge is 0.338 e. The fourth-order valence-electron chi connectivity index (χ4n) is 2.02. The van der Waals surface area contributed by atoms with E-state index >= 15 is 0 Å². The molecule has 20 heavy (non-hydrogen) atoms. The van der Waals surface area contributed by atoms with Crippen LogP contribution in [0, 0.1) is 5.92 Å². The van der Waals surface area contributed by atoms with Gasteiger partial charge < -0.3 is 9.84 Å². The number of nitrogens with zero attached hydrogens (tertiary/aromatic N) is 2. The highest BCUT2D eigenvalue weighted by Crippen LogP contribution is 2.27. The molecular weight excluding hydrogens is 270 g/mol. The predicted molar refractivity (Wildman–Crippen MR) is 80.6 cm³/mol. The molecule has 1 saturated carbocycles. The normalized spacial score (nSPS) is 14.7. The summed E-state index contributed by atoms with van der Waals surface area (Å²) in [5, 5.41) is 7.40. The number of aromatic nitrogens is 2. The summed E-state index contributed by atoms with van der Waals surface area (Å²) in [6.45, 7) is 3.87. The van der Waals surface area contributed by atoms with Crippen molar-refractivity contribution in [1.82, 2.24) is 15.5 Å². The van der Waals surface area contributed by atoms with Crippen molar-refractivity contribution in [2.75, 3.05) is 12.3 Å². The third-order valence-corrected chi connectivity index (χ3v) is 4.19. The molecular formula is C15H19N3OS. The molecule has 4 nitrogen and oxygen atoms in total. The first-order valence-corrected chi connectivity index (χ1v) is 8.10. The SMILES string of the molecule is CCSc1ccc(-c2noc(CNCC3CC3)n2)cc1. The zero-order chi connectivity index (χ0) is 13.8. The van der Waals surface area contributed by atoms with E-state index in [9.17, 15) is 0 Å². The Balaban J connectivity index is 1.59. The number of hydrogen-bond acceptors (Lipinski definition) is 5. The van der Waals surface area contributed by atoms with Gasteiger partial charge in [-0.3, -0.25) is 0 Å². The molecule has 5 heteroatoms. The van der Waals surface area contributed by atoms with Crippen LogP contribution in [0.5, 0.6) is 0 Å². The molecule has 1 aromatic heterocycles. The topological polar surface area (TPSA) is 51.0 Å². The first kappa shape index (κ1) is 13.6. The Labute approximate surface area is 123 Å². The highest BCUT2D eigenvalue weighted by Gasteiger charge is 2.20. The second kappa shape index (κ2) is 6.41. The van der Waals surface area contributed by atoms with Crippen molar-refractivity contribution in [2.45, 2.75) is 31.2 Å². The quantitative estimate of drug-likeness (QED) is 0.792. The van der Waals surface area contributed by atoms with Crippen LogP contribution in [0.15, 0.2) is 33.7 Å². The van der Waals surface area contributed by atoms with Crippen LogP contribution < -0.4 is 5.32 Å². The van der Waals surface area contributed by atoms with Crippen LogP contribution in [-0.4, -0.2) is 22.4 Å². The van der Waals surface area contributed by atoms with Gasteiger partial charge in [0.05, 0.1) is 6.54 Å². The summed E-state index contributed by atoms with van der Waals surface area (Å²) in [5.74, 6) is 3.27. The number of nitrogens with one attached hydrogen (secondary N) is 1. The minimum Gasteiger partial charge on any atom is -0.338 e. The van der Waals surface area contributed by atoms with E-state index < -0.39 is 0 Å². The average molecular weight is 289 g/mol. The van der Waals surface area contributed by atoms with Gasteiger partial charge >= 0.3 is 0 Å². The zero-order valence-electron chi connectivity index (χ0n) is 11.6. The summed E-state index contributed by atoms with van der Waals surface area (Å²) in [4.78, 5) is 5.70. The standard InChI is InChI=1S/C15H19N3OS/c1-2-20-13-7-5-12(6-8-13)15-17-14(19-18-15)10-16-9-11-3-4-11/h5-8,11,16H,2-4,9-10H2,1H3. The zero-order valence-corrected chi connectivity index (χ0v) is 12.4. The predicted octanol–water partition coefficient (Wildman–Crippen LogP) is 3.35. The Bertz CT molecular complexity index is 549. The minimum absolute atomic E-state index is 0.660. The first-order valence-electron chi connectivity index (χ1n) is 7.11. The van der Waals surface area contributed by atoms with E-state index in [1.54, 1.807) is 0 Å². The molecule has 0 saturated heterocycles. The number of benzene rings is 1. The summed E-state index contributed by atoms with van der Waals surface area (Å²) in [7, 11) is 0. The smallest absolute Gasteiger partial charge is 0.240 e. The number of hydrogen-bond donors (Lipinski definition) is 1. The number of thioether (sulfide) groups is 1. The molecule has 0 atom stereocenters. The molecule has 1 aromatic carbocycles. The van der Waals surface area contributed by atoms with Gasteiger partial charge in [0.1, 0.15) is 0 Å². The van der Waals surface area contributed by atoms with Crippen LogP contribution in [0.3, 0.4) is 0 Å². The monoisotopic (exact) mass is 289 g/mol. The molecule has 1 aliphatic carbocycles. The lowest BCUT2D eigenvalue weighted by Gasteiger charge is -1.99. The molecule has 2 aromatic rings. The van der Waals surface area contributed by atoms with Crippen molar-refractivity contribution in [3.63, 3.8) is 0 Å². The summed E-state index contributed by atoms with van der Waals surface area (Å²) < 4.78 is 5.27. The molecule has 1 fully saturated rings. The van der Waals surface area contributed by atoms with Gasteiger partial charge in [-0.2, -0.15) is 4.98 Å². The summed E-state index contributed by atoms with van der Waals surface area (Å²) in [6.07, 6.45) is 2.70. The lowest BCUT2D eigenvalue weighted by Crippen LogP contribution is -2.16. The van der Waals surface area contributed by atoms with Crippen molar-refractivity contribution in [1.29, 1.82) is 0 Å². The third kappa shape index (κ3) is 3.61. The second-order valence-electron chi connectivity index (χ2n) is 5.04. The second-order valence-corrected chi connectivity index (χ2v) is 6.38. The van der Waals surface area contributed by atoms with Crippen LogP contribution in [-0.2, 0) is 6.54 Å². The highest BCUT2D eigenvalue weighted by molar-refractivity contribution is 7.99. The van der Waals surface area contributed by atoms with Gasteiger partial charge in [0, 0.05) is 10.5 Å². The van der Waals surface area contributed by atoms with Gasteiger partial charge in [0.15, 0.2) is 0 Å². The van der Waals surface area contributed by atoms with Gasteiger partial charge in [0.2, 0.25) is 11.7 Å². The van der Waals surface area contributed by atoms with Crippen molar-refractivity contribution >= 4 is 11.8 Å². The number of rotatable bonds is 7. The van der Waals surface area contributed by atoms with E-state index in [-0.39, 0.29) is 0 Å². The molecule has 0 unspecified atom stereocenters. The maximum absolute atomic E-state index is 5.27. The Hall–Kier alpha value is -1.33. The van der Waals surface area contributed by atoms with Gasteiger partial charge in [-0.25, -0.2) is 0 Å². The summed E-state index contributed by atoms with van der Waals surface area (Å²) >= 11 is 1.83. The van der Waals surface area contributed by atoms with Crippen LogP contribution in [0.4, 0.5) is 0 Å². The van der Waals surface area contributed by atoms with E-state index in [1.807, 2.05) is 23.9 Å². The Morgan fingerprint density at radius 1 is 1.30 bits per heavy atom. The van der Waals surface area contributed by atoms with E-state index in [0.717, 1.165) is 23.8 Å². The van der Waals surface area contributed by atoms with E-state index in [4.69, 9.17) is 4.52 Å². The van der Waals surface area contributed by atoms with Crippen molar-refractivity contribution in [3.05, 3.63) is 30.2 Å². The Morgan fingerprint density at radius 3 is 2.80 bits per heavy atom. The molecule has 0 spiro atoms. The van der Waals surface area contributed by atoms with Gasteiger partial charge in [-0.15, -0.1) is 11.8 Å². The van der Waals surface area contributed by atoms with Crippen LogP contribution in [0.2, 0.25) is 0 Å². The average Bonchev–Trinajstić information content (AvgIpc) is 3.17. The molecule has 0 amide bonds. The summed E-state index contributed by atoms with van der Waals surface area (Å²) in [5.41, 5.74) is 1.00. The van der Waals surface area contributed by atoms with E-state index in [0.29, 0.717) is 18.3 Å². The maximum Gasteiger partial charge on any atom is 0.240 e. The lowest BCUT2D eigenvalue weighted by atomic mass is 10.2. The molecule has 3 rings (SSSR count). The van der Waals surface area contributed by atoms with Crippen LogP contribution in [0.25, 0.3) is 11.4 Å². The first-order chi connectivity index (χ1) is 9.85. The van der Waals surface area contributed by atoms with E-state index in [2.05, 4.69) is 34.5 Å². The third-order valence-electron chi connectivity index (χ3n) is 3.30. The lowest BCUT2D eigenvalue weighted by molar-refractivity contribution is 0.367. The van der Waals surface area contributed by atoms with Gasteiger partial charge in [-0.1, -0.05) is 12.1 Å².